The lowest BCUT2D eigenvalue weighted by Gasteiger charge is -1.89. The smallest absolute Gasteiger partial charge is 0.303 e. The van der Waals surface area contributed by atoms with Gasteiger partial charge in [-0.2, -0.15) is 0 Å². The molecule has 60 valence electrons. The van der Waals surface area contributed by atoms with Gasteiger partial charge in [-0.15, -0.1) is 0 Å². The summed E-state index contributed by atoms with van der Waals surface area (Å²) >= 11 is 3.20. The Morgan fingerprint density at radius 2 is 2.09 bits per heavy atom. The molecule has 0 unspecified atom stereocenters. The molecule has 1 saturated heterocycles. The van der Waals surface area contributed by atoms with Crippen LogP contribution in [0.2, 0.25) is 0 Å². The van der Waals surface area contributed by atoms with Crippen molar-refractivity contribution in [1.82, 2.24) is 10.6 Å². The van der Waals surface area contributed by atoms with Crippen molar-refractivity contribution >= 4 is 27.9 Å². The van der Waals surface area contributed by atoms with Gasteiger partial charge in [0.1, 0.15) is 5.70 Å². The fraction of sp³-hybridized carbons (Fsp3) is 0.333. The number of carbonyl (C=O) groups excluding carboxylic acids is 2. The Hall–Kier alpha value is -0.840. The van der Waals surface area contributed by atoms with Crippen LogP contribution in [0.5, 0.6) is 0 Å². The number of nitrogens with one attached hydrogen (secondary N) is 2. The van der Waals surface area contributed by atoms with E-state index in [9.17, 15) is 9.59 Å². The maximum absolute atomic E-state index is 10.8. The van der Waals surface area contributed by atoms with Crippen LogP contribution in [0.4, 0.5) is 4.79 Å². The third-order valence-corrected chi connectivity index (χ3v) is 1.64. The Labute approximate surface area is 72.2 Å². The van der Waals surface area contributed by atoms with E-state index in [0.29, 0.717) is 5.70 Å². The van der Waals surface area contributed by atoms with Crippen molar-refractivity contribution in [3.05, 3.63) is 11.8 Å². The highest BCUT2D eigenvalue weighted by Gasteiger charge is 2.21. The van der Waals surface area contributed by atoms with Crippen LogP contribution < -0.4 is 10.6 Å². The highest BCUT2D eigenvalue weighted by atomic mass is 79.9. The highest BCUT2D eigenvalue weighted by Crippen LogP contribution is 2.00. The molecule has 0 aromatic rings. The fourth-order valence-electron chi connectivity index (χ4n) is 0.723. The van der Waals surface area contributed by atoms with E-state index < -0.39 is 6.03 Å². The van der Waals surface area contributed by atoms with Gasteiger partial charge in [-0.3, -0.25) is 10.1 Å². The highest BCUT2D eigenvalue weighted by molar-refractivity contribution is 9.09. The first-order valence-electron chi connectivity index (χ1n) is 3.12. The molecule has 1 heterocycles. The molecule has 0 aromatic heterocycles. The van der Waals surface area contributed by atoms with Crippen molar-refractivity contribution in [3.63, 3.8) is 0 Å². The molecular weight excluding hydrogens is 212 g/mol. The summed E-state index contributed by atoms with van der Waals surface area (Å²) in [6, 6.07) is -0.448. The van der Waals surface area contributed by atoms with Crippen molar-refractivity contribution in [3.8, 4) is 0 Å². The van der Waals surface area contributed by atoms with E-state index in [2.05, 4.69) is 26.6 Å². The lowest BCUT2D eigenvalue weighted by atomic mass is 10.3. The molecule has 0 bridgehead atoms. The van der Waals surface area contributed by atoms with Crippen molar-refractivity contribution in [2.45, 2.75) is 6.42 Å². The van der Waals surface area contributed by atoms with Crippen LogP contribution in [0.15, 0.2) is 11.8 Å². The van der Waals surface area contributed by atoms with Crippen molar-refractivity contribution in [2.24, 2.45) is 0 Å². The number of rotatable bonds is 2. The lowest BCUT2D eigenvalue weighted by molar-refractivity contribution is -0.115. The van der Waals surface area contributed by atoms with Gasteiger partial charge in [0.15, 0.2) is 0 Å². The molecule has 0 saturated carbocycles. The van der Waals surface area contributed by atoms with E-state index in [1.807, 2.05) is 0 Å². The third-order valence-electron chi connectivity index (χ3n) is 1.18. The zero-order chi connectivity index (χ0) is 8.27. The molecular formula is C6H7BrN2O2. The van der Waals surface area contributed by atoms with Gasteiger partial charge in [0.25, 0.3) is 5.91 Å². The van der Waals surface area contributed by atoms with Gasteiger partial charge in [0, 0.05) is 5.33 Å². The summed E-state index contributed by atoms with van der Waals surface area (Å²) in [6.07, 6.45) is 2.40. The molecule has 0 aliphatic carbocycles. The molecule has 0 aromatic carbocycles. The van der Waals surface area contributed by atoms with Crippen LogP contribution in [-0.2, 0) is 4.79 Å². The maximum atomic E-state index is 10.8. The number of carbonyl (C=O) groups is 2. The molecule has 1 rings (SSSR count). The van der Waals surface area contributed by atoms with E-state index >= 15 is 0 Å². The largest absolute Gasteiger partial charge is 0.326 e. The van der Waals surface area contributed by atoms with Gasteiger partial charge < -0.3 is 5.32 Å². The number of alkyl halides is 1. The standard InChI is InChI=1S/C6H7BrN2O2/c7-3-1-2-4-5(10)9-6(11)8-4/h2H,1,3H2,(H2,8,9,10,11)/b4-2-. The maximum Gasteiger partial charge on any atom is 0.326 e. The van der Waals surface area contributed by atoms with E-state index in [1.54, 1.807) is 6.08 Å². The Morgan fingerprint density at radius 1 is 1.36 bits per heavy atom. The molecule has 4 nitrogen and oxygen atoms in total. The summed E-state index contributed by atoms with van der Waals surface area (Å²) in [6.45, 7) is 0. The summed E-state index contributed by atoms with van der Waals surface area (Å²) < 4.78 is 0. The monoisotopic (exact) mass is 218 g/mol. The normalized spacial score (nSPS) is 20.3. The van der Waals surface area contributed by atoms with Crippen molar-refractivity contribution in [2.75, 3.05) is 5.33 Å². The van der Waals surface area contributed by atoms with Gasteiger partial charge in [0.05, 0.1) is 0 Å². The Morgan fingerprint density at radius 3 is 2.55 bits per heavy atom. The second-order valence-electron chi connectivity index (χ2n) is 2.00. The molecule has 0 spiro atoms. The van der Waals surface area contributed by atoms with Crippen LogP contribution in [0, 0.1) is 0 Å². The van der Waals surface area contributed by atoms with Crippen LogP contribution in [0.3, 0.4) is 0 Å². The Kier molecular flexibility index (Phi) is 2.64. The van der Waals surface area contributed by atoms with Gasteiger partial charge >= 0.3 is 6.03 Å². The first-order chi connectivity index (χ1) is 5.24. The SMILES string of the molecule is O=C1NC(=O)/C(=C/CCBr)N1. The second kappa shape index (κ2) is 3.52. The summed E-state index contributed by atoms with van der Waals surface area (Å²) in [5.41, 5.74) is 0.342. The molecule has 1 aliphatic heterocycles. The predicted octanol–water partition coefficient (Wildman–Crippen LogP) is 0.495. The molecule has 1 fully saturated rings. The van der Waals surface area contributed by atoms with Crippen molar-refractivity contribution in [1.29, 1.82) is 0 Å². The fourth-order valence-corrected chi connectivity index (χ4v) is 0.952. The van der Waals surface area contributed by atoms with Gasteiger partial charge in [-0.05, 0) is 6.42 Å². The average molecular weight is 219 g/mol. The minimum Gasteiger partial charge on any atom is -0.303 e. The first kappa shape index (κ1) is 8.26. The third kappa shape index (κ3) is 2.04. The van der Waals surface area contributed by atoms with Gasteiger partial charge in [-0.1, -0.05) is 22.0 Å². The quantitative estimate of drug-likeness (QED) is 0.403. The van der Waals surface area contributed by atoms with Crippen LogP contribution >= 0.6 is 15.9 Å². The summed E-state index contributed by atoms with van der Waals surface area (Å²) in [5.74, 6) is -0.351. The molecule has 2 N–H and O–H groups in total. The number of imide groups is 1. The zero-order valence-corrected chi connectivity index (χ0v) is 7.27. The van der Waals surface area contributed by atoms with Crippen LogP contribution in [-0.4, -0.2) is 17.3 Å². The summed E-state index contributed by atoms with van der Waals surface area (Å²) in [4.78, 5) is 21.3. The number of amides is 3. The minimum atomic E-state index is -0.448. The Balaban J connectivity index is 2.59. The Bertz CT molecular complexity index is 225. The molecule has 11 heavy (non-hydrogen) atoms. The van der Waals surface area contributed by atoms with E-state index in [0.717, 1.165) is 11.8 Å². The predicted molar refractivity (Wildman–Crippen MR) is 43.2 cm³/mol. The first-order valence-corrected chi connectivity index (χ1v) is 4.24. The average Bonchev–Trinajstić information content (AvgIpc) is 2.26. The van der Waals surface area contributed by atoms with Gasteiger partial charge in [-0.25, -0.2) is 4.79 Å². The number of halogens is 1. The molecule has 0 radical (unpaired) electrons. The zero-order valence-electron chi connectivity index (χ0n) is 5.69. The van der Waals surface area contributed by atoms with E-state index in [4.69, 9.17) is 0 Å². The topological polar surface area (TPSA) is 58.2 Å². The molecule has 3 amide bonds. The molecule has 5 heteroatoms. The minimum absolute atomic E-state index is 0.342. The molecule has 1 aliphatic rings. The number of hydrogen-bond donors (Lipinski definition) is 2. The van der Waals surface area contributed by atoms with E-state index in [-0.39, 0.29) is 5.91 Å². The van der Waals surface area contributed by atoms with Crippen LogP contribution in [0.25, 0.3) is 0 Å². The second-order valence-corrected chi connectivity index (χ2v) is 2.80. The van der Waals surface area contributed by atoms with Gasteiger partial charge in [0.2, 0.25) is 0 Å². The number of hydrogen-bond acceptors (Lipinski definition) is 2. The number of urea groups is 1. The lowest BCUT2D eigenvalue weighted by Crippen LogP contribution is -2.22. The van der Waals surface area contributed by atoms with Crippen LogP contribution in [0.1, 0.15) is 6.42 Å². The number of allylic oxidation sites excluding steroid dienone is 1. The summed E-state index contributed by atoms with van der Waals surface area (Å²) in [5, 5.41) is 5.26. The van der Waals surface area contributed by atoms with Crippen molar-refractivity contribution < 1.29 is 9.59 Å². The molecule has 0 atom stereocenters. The summed E-state index contributed by atoms with van der Waals surface area (Å²) in [7, 11) is 0. The van der Waals surface area contributed by atoms with E-state index in [1.165, 1.54) is 0 Å².